The Kier molecular flexibility index (Phi) is 8.90. The maximum absolute atomic E-state index is 5.97. The molecule has 0 saturated carbocycles. The van der Waals surface area contributed by atoms with E-state index >= 15 is 0 Å². The first kappa shape index (κ1) is 21.4. The molecule has 0 aromatic heterocycles. The van der Waals surface area contributed by atoms with Crippen LogP contribution in [-0.4, -0.2) is 69.5 Å². The lowest BCUT2D eigenvalue weighted by atomic mass is 10.1. The number of nitrogens with one attached hydrogen (secondary N) is 1. The second-order valence-corrected chi connectivity index (χ2v) is 8.37. The summed E-state index contributed by atoms with van der Waals surface area (Å²) in [6, 6.07) is 9.09. The number of rotatable bonds is 10. The molecule has 0 radical (unpaired) electrons. The number of benzene rings is 1. The molecule has 1 unspecified atom stereocenters. The van der Waals surface area contributed by atoms with Crippen LogP contribution in [-0.2, 0) is 4.74 Å². The van der Waals surface area contributed by atoms with E-state index in [2.05, 4.69) is 53.2 Å². The molecule has 28 heavy (non-hydrogen) atoms. The topological polar surface area (TPSA) is 37.0 Å². The van der Waals surface area contributed by atoms with Crippen molar-refractivity contribution in [1.29, 1.82) is 0 Å². The molecule has 2 fully saturated rings. The lowest BCUT2D eigenvalue weighted by Crippen LogP contribution is -2.41. The molecule has 5 nitrogen and oxygen atoms in total. The van der Waals surface area contributed by atoms with Crippen molar-refractivity contribution < 1.29 is 9.47 Å². The van der Waals surface area contributed by atoms with Gasteiger partial charge in [-0.2, -0.15) is 0 Å². The smallest absolute Gasteiger partial charge is 0.119 e. The number of piperidine rings is 1. The number of nitrogens with zero attached hydrogens (tertiary/aromatic N) is 2. The summed E-state index contributed by atoms with van der Waals surface area (Å²) >= 11 is 0. The molecular weight excluding hydrogens is 350 g/mol. The molecule has 1 aromatic rings. The summed E-state index contributed by atoms with van der Waals surface area (Å²) in [6.45, 7) is 12.8. The Morgan fingerprint density at radius 2 is 1.96 bits per heavy atom. The largest absolute Gasteiger partial charge is 0.494 e. The molecule has 2 aliphatic rings. The summed E-state index contributed by atoms with van der Waals surface area (Å²) in [5.74, 6) is 0.978. The van der Waals surface area contributed by atoms with Gasteiger partial charge >= 0.3 is 0 Å². The van der Waals surface area contributed by atoms with Gasteiger partial charge in [0.15, 0.2) is 0 Å². The number of hydrogen-bond donors (Lipinski definition) is 1. The SMILES string of the molecule is CC(C)N(CCC1CNCCO1)c1ccc(OCCCN2CCCCC2)cc1. The van der Waals surface area contributed by atoms with Crippen molar-refractivity contribution in [2.75, 3.05) is 57.4 Å². The van der Waals surface area contributed by atoms with Crippen molar-refractivity contribution in [3.8, 4) is 5.75 Å². The van der Waals surface area contributed by atoms with Gasteiger partial charge in [0.2, 0.25) is 0 Å². The van der Waals surface area contributed by atoms with Crippen molar-refractivity contribution >= 4 is 5.69 Å². The van der Waals surface area contributed by atoms with E-state index < -0.39 is 0 Å². The summed E-state index contributed by atoms with van der Waals surface area (Å²) in [5, 5.41) is 3.42. The van der Waals surface area contributed by atoms with Crippen molar-refractivity contribution in [1.82, 2.24) is 10.2 Å². The van der Waals surface area contributed by atoms with E-state index in [9.17, 15) is 0 Å². The summed E-state index contributed by atoms with van der Waals surface area (Å²) in [7, 11) is 0. The highest BCUT2D eigenvalue weighted by molar-refractivity contribution is 5.49. The van der Waals surface area contributed by atoms with Crippen LogP contribution in [0.1, 0.15) is 46.0 Å². The van der Waals surface area contributed by atoms with Crippen LogP contribution in [0.4, 0.5) is 5.69 Å². The van der Waals surface area contributed by atoms with E-state index in [1.807, 2.05) is 0 Å². The quantitative estimate of drug-likeness (QED) is 0.620. The average Bonchev–Trinajstić information content (AvgIpc) is 2.74. The Labute approximate surface area is 171 Å². The third-order valence-electron chi connectivity index (χ3n) is 5.82. The molecule has 0 bridgehead atoms. The van der Waals surface area contributed by atoms with Gasteiger partial charge in [-0.3, -0.25) is 0 Å². The number of ether oxygens (including phenoxy) is 2. The zero-order valence-electron chi connectivity index (χ0n) is 17.9. The van der Waals surface area contributed by atoms with E-state index in [0.29, 0.717) is 12.1 Å². The second-order valence-electron chi connectivity index (χ2n) is 8.37. The van der Waals surface area contributed by atoms with Crippen molar-refractivity contribution in [3.63, 3.8) is 0 Å². The molecule has 1 aromatic carbocycles. The van der Waals surface area contributed by atoms with Gasteiger partial charge in [-0.05, 0) is 76.9 Å². The third-order valence-corrected chi connectivity index (χ3v) is 5.82. The predicted octanol–water partition coefficient (Wildman–Crippen LogP) is 3.53. The molecule has 0 aliphatic carbocycles. The van der Waals surface area contributed by atoms with Crippen LogP contribution in [0.2, 0.25) is 0 Å². The first-order valence-corrected chi connectivity index (χ1v) is 11.3. The fraction of sp³-hybridized carbons (Fsp3) is 0.739. The molecule has 3 rings (SSSR count). The van der Waals surface area contributed by atoms with E-state index in [1.54, 1.807) is 0 Å². The lowest BCUT2D eigenvalue weighted by Gasteiger charge is -2.32. The van der Waals surface area contributed by atoms with Crippen LogP contribution < -0.4 is 15.0 Å². The molecule has 5 heteroatoms. The van der Waals surface area contributed by atoms with Crippen LogP contribution >= 0.6 is 0 Å². The van der Waals surface area contributed by atoms with Crippen LogP contribution in [0.25, 0.3) is 0 Å². The molecule has 0 spiro atoms. The third kappa shape index (κ3) is 6.94. The zero-order valence-corrected chi connectivity index (χ0v) is 17.9. The Hall–Kier alpha value is -1.30. The molecule has 2 aliphatic heterocycles. The van der Waals surface area contributed by atoms with Gasteiger partial charge in [-0.15, -0.1) is 0 Å². The molecular formula is C23H39N3O2. The summed E-state index contributed by atoms with van der Waals surface area (Å²) < 4.78 is 11.8. The fourth-order valence-corrected chi connectivity index (χ4v) is 4.17. The molecule has 0 amide bonds. The minimum absolute atomic E-state index is 0.331. The zero-order chi connectivity index (χ0) is 19.6. The van der Waals surface area contributed by atoms with Crippen LogP contribution in [0.3, 0.4) is 0 Å². The summed E-state index contributed by atoms with van der Waals surface area (Å²) in [4.78, 5) is 5.03. The van der Waals surface area contributed by atoms with Crippen molar-refractivity contribution in [2.24, 2.45) is 0 Å². The summed E-state index contributed by atoms with van der Waals surface area (Å²) in [5.41, 5.74) is 1.26. The van der Waals surface area contributed by atoms with E-state index in [1.165, 1.54) is 38.0 Å². The Bertz CT molecular complexity index is 537. The predicted molar refractivity (Wildman–Crippen MR) is 117 cm³/mol. The van der Waals surface area contributed by atoms with E-state index in [4.69, 9.17) is 9.47 Å². The first-order chi connectivity index (χ1) is 13.7. The highest BCUT2D eigenvalue weighted by Crippen LogP contribution is 2.22. The maximum Gasteiger partial charge on any atom is 0.119 e. The van der Waals surface area contributed by atoms with Gasteiger partial charge in [-0.1, -0.05) is 6.42 Å². The lowest BCUT2D eigenvalue weighted by molar-refractivity contribution is 0.0247. The Morgan fingerprint density at radius 3 is 2.64 bits per heavy atom. The minimum Gasteiger partial charge on any atom is -0.494 e. The van der Waals surface area contributed by atoms with Crippen LogP contribution in [0.15, 0.2) is 24.3 Å². The van der Waals surface area contributed by atoms with Crippen LogP contribution in [0.5, 0.6) is 5.75 Å². The number of likely N-dealkylation sites (tertiary alicyclic amines) is 1. The van der Waals surface area contributed by atoms with E-state index in [-0.39, 0.29) is 0 Å². The molecule has 1 atom stereocenters. The van der Waals surface area contributed by atoms with Gasteiger partial charge < -0.3 is 24.6 Å². The normalized spacial score (nSPS) is 21.0. The summed E-state index contributed by atoms with van der Waals surface area (Å²) in [6.07, 6.45) is 6.61. The van der Waals surface area contributed by atoms with Gasteiger partial charge in [-0.25, -0.2) is 0 Å². The maximum atomic E-state index is 5.97. The second kappa shape index (κ2) is 11.6. The van der Waals surface area contributed by atoms with Gasteiger partial charge in [0.05, 0.1) is 19.3 Å². The van der Waals surface area contributed by atoms with Gasteiger partial charge in [0.1, 0.15) is 5.75 Å². The highest BCUT2D eigenvalue weighted by Gasteiger charge is 2.17. The fourth-order valence-electron chi connectivity index (χ4n) is 4.17. The van der Waals surface area contributed by atoms with Gasteiger partial charge in [0, 0.05) is 37.9 Å². The molecule has 2 saturated heterocycles. The van der Waals surface area contributed by atoms with Crippen LogP contribution in [0, 0.1) is 0 Å². The minimum atomic E-state index is 0.331. The van der Waals surface area contributed by atoms with Crippen molar-refractivity contribution in [2.45, 2.75) is 58.1 Å². The molecule has 158 valence electrons. The van der Waals surface area contributed by atoms with E-state index in [0.717, 1.165) is 58.0 Å². The number of hydrogen-bond acceptors (Lipinski definition) is 5. The number of morpholine rings is 1. The highest BCUT2D eigenvalue weighted by atomic mass is 16.5. The molecule has 2 heterocycles. The molecule has 1 N–H and O–H groups in total. The number of anilines is 1. The van der Waals surface area contributed by atoms with Crippen molar-refractivity contribution in [3.05, 3.63) is 24.3 Å². The average molecular weight is 390 g/mol. The Morgan fingerprint density at radius 1 is 1.18 bits per heavy atom. The van der Waals surface area contributed by atoms with Gasteiger partial charge in [0.25, 0.3) is 0 Å². The Balaban J connectivity index is 1.41. The first-order valence-electron chi connectivity index (χ1n) is 11.3. The monoisotopic (exact) mass is 389 g/mol. The standard InChI is InChI=1S/C23H39N3O2/c1-20(2)26(16-11-23-19-24-12-18-28-23)21-7-9-22(10-8-21)27-17-6-15-25-13-4-3-5-14-25/h7-10,20,23-24H,3-6,11-19H2,1-2H3.